The third kappa shape index (κ3) is 2.15. The fourth-order valence-corrected chi connectivity index (χ4v) is 2.05. The molecule has 0 amide bonds. The smallest absolute Gasteiger partial charge is 0.225 e. The summed E-state index contributed by atoms with van der Waals surface area (Å²) in [6.07, 6.45) is 0. The standard InChI is InChI=1S/C8H10N2O3S/c1-6-3-2-4-8(14(9,12)13)7(6)5-10-11/h2-4H,5H2,1H3,(H2,9,12,13). The number of nitrogens with two attached hydrogens (primary N) is 1. The Morgan fingerprint density at radius 3 is 2.57 bits per heavy atom. The summed E-state index contributed by atoms with van der Waals surface area (Å²) in [5.41, 5.74) is 1.06. The van der Waals surface area contributed by atoms with Crippen LogP contribution in [-0.4, -0.2) is 8.42 Å². The van der Waals surface area contributed by atoms with E-state index in [1.165, 1.54) is 6.07 Å². The highest BCUT2D eigenvalue weighted by Gasteiger charge is 2.14. The molecule has 0 saturated heterocycles. The van der Waals surface area contributed by atoms with Crippen LogP contribution in [0.15, 0.2) is 28.3 Å². The van der Waals surface area contributed by atoms with Gasteiger partial charge in [-0.2, -0.15) is 4.91 Å². The van der Waals surface area contributed by atoms with Crippen LogP contribution in [0.1, 0.15) is 11.1 Å². The van der Waals surface area contributed by atoms with Crippen LogP contribution in [0.5, 0.6) is 0 Å². The second-order valence-electron chi connectivity index (χ2n) is 2.88. The van der Waals surface area contributed by atoms with Gasteiger partial charge < -0.3 is 0 Å². The van der Waals surface area contributed by atoms with Crippen LogP contribution in [0.25, 0.3) is 0 Å². The van der Waals surface area contributed by atoms with Crippen LogP contribution >= 0.6 is 0 Å². The first-order valence-electron chi connectivity index (χ1n) is 3.87. The molecule has 0 heterocycles. The minimum absolute atomic E-state index is 0.0305. The lowest BCUT2D eigenvalue weighted by Gasteiger charge is -2.06. The van der Waals surface area contributed by atoms with Crippen molar-refractivity contribution in [1.29, 1.82) is 0 Å². The van der Waals surface area contributed by atoms with Crippen molar-refractivity contribution in [3.05, 3.63) is 34.2 Å². The highest BCUT2D eigenvalue weighted by Crippen LogP contribution is 2.18. The Hall–Kier alpha value is -1.27. The van der Waals surface area contributed by atoms with Crippen molar-refractivity contribution in [2.75, 3.05) is 0 Å². The van der Waals surface area contributed by atoms with E-state index in [0.717, 1.165) is 0 Å². The van der Waals surface area contributed by atoms with Gasteiger partial charge in [0, 0.05) is 0 Å². The maximum atomic E-state index is 11.1. The van der Waals surface area contributed by atoms with E-state index in [0.29, 0.717) is 11.1 Å². The van der Waals surface area contributed by atoms with Crippen molar-refractivity contribution in [3.8, 4) is 0 Å². The molecule has 0 spiro atoms. The molecule has 76 valence electrons. The molecule has 0 bridgehead atoms. The summed E-state index contributed by atoms with van der Waals surface area (Å²) in [5, 5.41) is 7.66. The summed E-state index contributed by atoms with van der Waals surface area (Å²) in [6.45, 7) is 1.52. The topological polar surface area (TPSA) is 89.6 Å². The number of sulfonamides is 1. The number of hydrogen-bond acceptors (Lipinski definition) is 4. The molecule has 14 heavy (non-hydrogen) atoms. The fourth-order valence-electron chi connectivity index (χ4n) is 1.21. The van der Waals surface area contributed by atoms with E-state index < -0.39 is 10.0 Å². The van der Waals surface area contributed by atoms with Crippen molar-refractivity contribution < 1.29 is 8.42 Å². The molecule has 0 aliphatic carbocycles. The van der Waals surface area contributed by atoms with E-state index in [-0.39, 0.29) is 11.4 Å². The molecular formula is C8H10N2O3S. The molecule has 5 nitrogen and oxygen atoms in total. The zero-order chi connectivity index (χ0) is 10.8. The van der Waals surface area contributed by atoms with Gasteiger partial charge in [-0.1, -0.05) is 17.3 Å². The van der Waals surface area contributed by atoms with Gasteiger partial charge in [0.05, 0.1) is 4.90 Å². The molecule has 1 aromatic rings. The highest BCUT2D eigenvalue weighted by atomic mass is 32.2. The number of primary sulfonamides is 1. The molecule has 0 aliphatic rings. The van der Waals surface area contributed by atoms with Gasteiger partial charge in [0.25, 0.3) is 0 Å². The Labute approximate surface area is 82.0 Å². The van der Waals surface area contributed by atoms with Crippen molar-refractivity contribution >= 4 is 10.0 Å². The summed E-state index contributed by atoms with van der Waals surface area (Å²) >= 11 is 0. The first-order chi connectivity index (χ1) is 6.46. The third-order valence-corrected chi connectivity index (χ3v) is 2.89. The molecule has 1 aromatic carbocycles. The average molecular weight is 214 g/mol. The van der Waals surface area contributed by atoms with Crippen molar-refractivity contribution in [1.82, 2.24) is 0 Å². The van der Waals surface area contributed by atoms with E-state index in [1.807, 2.05) is 0 Å². The summed E-state index contributed by atoms with van der Waals surface area (Å²) < 4.78 is 22.2. The molecule has 0 aliphatic heterocycles. The van der Waals surface area contributed by atoms with Gasteiger partial charge in [-0.05, 0) is 24.1 Å². The Balaban J connectivity index is 3.43. The quantitative estimate of drug-likeness (QED) is 0.758. The molecule has 2 N–H and O–H groups in total. The van der Waals surface area contributed by atoms with E-state index in [2.05, 4.69) is 5.18 Å². The lowest BCUT2D eigenvalue weighted by Crippen LogP contribution is -2.15. The van der Waals surface area contributed by atoms with Gasteiger partial charge in [-0.25, -0.2) is 13.6 Å². The molecule has 0 saturated carbocycles. The lowest BCUT2D eigenvalue weighted by atomic mass is 10.1. The molecule has 0 fully saturated rings. The lowest BCUT2D eigenvalue weighted by molar-refractivity contribution is 0.596. The van der Waals surface area contributed by atoms with E-state index in [9.17, 15) is 13.3 Å². The van der Waals surface area contributed by atoms with Crippen LogP contribution in [0, 0.1) is 11.8 Å². The predicted octanol–water partition coefficient (Wildman–Crippen LogP) is 0.909. The Morgan fingerprint density at radius 2 is 2.07 bits per heavy atom. The Kier molecular flexibility index (Phi) is 2.97. The average Bonchev–Trinajstić information content (AvgIpc) is 2.07. The van der Waals surface area contributed by atoms with Crippen LogP contribution < -0.4 is 5.14 Å². The SMILES string of the molecule is Cc1cccc(S(N)(=O)=O)c1CN=O. The maximum Gasteiger partial charge on any atom is 0.238 e. The monoisotopic (exact) mass is 214 g/mol. The van der Waals surface area contributed by atoms with E-state index in [4.69, 9.17) is 5.14 Å². The van der Waals surface area contributed by atoms with Crippen molar-refractivity contribution in [3.63, 3.8) is 0 Å². The Morgan fingerprint density at radius 1 is 1.43 bits per heavy atom. The van der Waals surface area contributed by atoms with Crippen molar-refractivity contribution in [2.45, 2.75) is 18.4 Å². The molecule has 6 heteroatoms. The predicted molar refractivity (Wildman–Crippen MR) is 52.1 cm³/mol. The van der Waals surface area contributed by atoms with Gasteiger partial charge in [-0.3, -0.25) is 0 Å². The van der Waals surface area contributed by atoms with E-state index in [1.54, 1.807) is 19.1 Å². The summed E-state index contributed by atoms with van der Waals surface area (Å²) in [5.74, 6) is 0. The first kappa shape index (κ1) is 10.8. The largest absolute Gasteiger partial charge is 0.238 e. The van der Waals surface area contributed by atoms with Gasteiger partial charge in [0.2, 0.25) is 10.0 Å². The summed E-state index contributed by atoms with van der Waals surface area (Å²) in [6, 6.07) is 4.64. The summed E-state index contributed by atoms with van der Waals surface area (Å²) in [7, 11) is -3.78. The van der Waals surface area contributed by atoms with Gasteiger partial charge in [-0.15, -0.1) is 0 Å². The number of hydrogen-bond donors (Lipinski definition) is 1. The molecule has 0 aromatic heterocycles. The van der Waals surface area contributed by atoms with Crippen LogP contribution in [0.4, 0.5) is 0 Å². The number of nitroso groups, excluding NO2 is 1. The van der Waals surface area contributed by atoms with Crippen LogP contribution in [0.2, 0.25) is 0 Å². The maximum absolute atomic E-state index is 11.1. The van der Waals surface area contributed by atoms with Crippen LogP contribution in [0.3, 0.4) is 0 Å². The van der Waals surface area contributed by atoms with Crippen LogP contribution in [-0.2, 0) is 16.6 Å². The normalized spacial score (nSPS) is 11.3. The zero-order valence-corrected chi connectivity index (χ0v) is 8.41. The fraction of sp³-hybridized carbons (Fsp3) is 0.250. The minimum Gasteiger partial charge on any atom is -0.225 e. The van der Waals surface area contributed by atoms with Gasteiger partial charge >= 0.3 is 0 Å². The minimum atomic E-state index is -3.78. The first-order valence-corrected chi connectivity index (χ1v) is 5.42. The number of nitrogens with zero attached hydrogens (tertiary/aromatic N) is 1. The molecule has 0 atom stereocenters. The van der Waals surface area contributed by atoms with E-state index >= 15 is 0 Å². The highest BCUT2D eigenvalue weighted by molar-refractivity contribution is 7.89. The molecule has 1 rings (SSSR count). The molecular weight excluding hydrogens is 204 g/mol. The summed E-state index contributed by atoms with van der Waals surface area (Å²) in [4.78, 5) is 10.1. The molecule has 0 unspecified atom stereocenters. The van der Waals surface area contributed by atoms with Gasteiger partial charge in [0.1, 0.15) is 6.54 Å². The second-order valence-corrected chi connectivity index (χ2v) is 4.41. The third-order valence-electron chi connectivity index (χ3n) is 1.90. The van der Waals surface area contributed by atoms with Crippen molar-refractivity contribution in [2.24, 2.45) is 10.3 Å². The second kappa shape index (κ2) is 3.85. The zero-order valence-electron chi connectivity index (χ0n) is 7.60. The number of aryl methyl sites for hydroxylation is 1. The number of benzene rings is 1. The Bertz CT molecular complexity index is 454. The van der Waals surface area contributed by atoms with Gasteiger partial charge in [0.15, 0.2) is 0 Å². The molecule has 0 radical (unpaired) electrons. The number of rotatable bonds is 3.